The van der Waals surface area contributed by atoms with Crippen molar-refractivity contribution < 1.29 is 98.8 Å². The second-order valence-corrected chi connectivity index (χ2v) is 7.98. The molecule has 0 saturated heterocycles. The number of hydrogen-bond acceptors (Lipinski definition) is 5. The van der Waals surface area contributed by atoms with E-state index in [0.29, 0.717) is 0 Å². The minimum Gasteiger partial charge on any atom is -0.452 e. The number of hydrogen-bond donors (Lipinski definition) is 1. The highest BCUT2D eigenvalue weighted by Crippen LogP contribution is 2.92. The molecule has 4 fully saturated rings. The van der Waals surface area contributed by atoms with Crippen molar-refractivity contribution >= 4 is 11.9 Å². The third-order valence-corrected chi connectivity index (χ3v) is 6.47. The lowest BCUT2D eigenvalue weighted by Gasteiger charge is -2.75. The van der Waals surface area contributed by atoms with Gasteiger partial charge in [-0.25, -0.2) is 49.1 Å². The van der Waals surface area contributed by atoms with E-state index in [0.717, 1.165) is 0 Å². The fourth-order valence-corrected chi connectivity index (χ4v) is 4.84. The van der Waals surface area contributed by atoms with Gasteiger partial charge in [-0.1, -0.05) is 0 Å². The Kier molecular flexibility index (Phi) is 5.25. The Morgan fingerprint density at radius 2 is 0.865 bits per heavy atom. The van der Waals surface area contributed by atoms with Crippen molar-refractivity contribution in [3.8, 4) is 0 Å². The zero-order valence-corrected chi connectivity index (χ0v) is 16.4. The van der Waals surface area contributed by atoms with Crippen molar-refractivity contribution in [2.45, 2.75) is 58.7 Å². The van der Waals surface area contributed by atoms with E-state index in [-0.39, 0.29) is 0 Å². The fraction of sp³-hybridized carbons (Fsp3) is 0.867. The van der Waals surface area contributed by atoms with E-state index in [4.69, 9.17) is 5.11 Å². The molecule has 4 saturated carbocycles. The number of rotatable bonds is 5. The van der Waals surface area contributed by atoms with Crippen molar-refractivity contribution in [1.82, 2.24) is 0 Å². The Hall–Kier alpha value is -2.29. The Morgan fingerprint density at radius 1 is 0.568 bits per heavy atom. The highest BCUT2D eigenvalue weighted by molar-refractivity contribution is 5.77. The van der Waals surface area contributed by atoms with Gasteiger partial charge in [0, 0.05) is 0 Å². The van der Waals surface area contributed by atoms with Gasteiger partial charge < -0.3 is 14.6 Å². The van der Waals surface area contributed by atoms with Gasteiger partial charge in [0.2, 0.25) is 0 Å². The molecule has 0 heterocycles. The third-order valence-electron chi connectivity index (χ3n) is 6.47. The first kappa shape index (κ1) is 29.3. The number of carbonyl (C=O) groups excluding carboxylic acids is 2. The zero-order valence-electron chi connectivity index (χ0n) is 16.4. The monoisotopic (exact) mass is 588 g/mol. The summed E-state index contributed by atoms with van der Waals surface area (Å²) >= 11 is 0. The molecule has 0 aromatic carbocycles. The molecule has 4 rings (SSSR count). The predicted molar refractivity (Wildman–Crippen MR) is 72.7 cm³/mol. The maximum Gasteiger partial charge on any atom is 0.424 e. The van der Waals surface area contributed by atoms with Crippen molar-refractivity contribution in [3.63, 3.8) is 0 Å². The molecule has 4 aliphatic carbocycles. The van der Waals surface area contributed by atoms with Crippen LogP contribution in [0.3, 0.4) is 0 Å². The van der Waals surface area contributed by atoms with E-state index < -0.39 is 89.2 Å². The number of halogens is 17. The molecule has 0 aromatic rings. The van der Waals surface area contributed by atoms with Crippen LogP contribution in [-0.2, 0) is 19.1 Å². The van der Waals surface area contributed by atoms with Gasteiger partial charge in [0.1, 0.15) is 6.61 Å². The second kappa shape index (κ2) is 6.64. The second-order valence-electron chi connectivity index (χ2n) is 7.98. The van der Waals surface area contributed by atoms with Crippen molar-refractivity contribution in [2.24, 2.45) is 5.41 Å². The summed E-state index contributed by atoms with van der Waals surface area (Å²) in [6, 6.07) is 0. The quantitative estimate of drug-likeness (QED) is 0.393. The lowest BCUT2D eigenvalue weighted by molar-refractivity contribution is -0.638. The molecule has 22 heteroatoms. The number of aliphatic hydroxyl groups excluding tert-OH is 1. The molecule has 1 N–H and O–H groups in total. The lowest BCUT2D eigenvalue weighted by Crippen LogP contribution is -3.09. The molecular weight excluding hydrogens is 583 g/mol. The summed E-state index contributed by atoms with van der Waals surface area (Å²) in [5, 5.41) is 8.26. The van der Waals surface area contributed by atoms with Gasteiger partial charge in [0.25, 0.3) is 5.41 Å². The number of aliphatic hydroxyl groups is 1. The Balaban J connectivity index is 2.49. The standard InChI is InChI=1S/C15H5F17O5/c16-6-9(19,20)5(15(31,32)37-4(35)2-36-3(34)1-33)10(21,22)7(17,12(6,25)26)14(29,30)8(18,11(5,23)24)13(6,27)28/h33H,1-2H2. The number of ether oxygens (including phenoxy) is 2. The van der Waals surface area contributed by atoms with E-state index in [1.54, 1.807) is 0 Å². The molecule has 214 valence electrons. The van der Waals surface area contributed by atoms with Crippen LogP contribution < -0.4 is 0 Å². The first-order valence-electron chi connectivity index (χ1n) is 8.80. The van der Waals surface area contributed by atoms with Gasteiger partial charge >= 0.3 is 70.6 Å². The summed E-state index contributed by atoms with van der Waals surface area (Å²) < 4.78 is 254. The third kappa shape index (κ3) is 2.11. The first-order valence-corrected chi connectivity index (χ1v) is 8.80. The number of esters is 2. The van der Waals surface area contributed by atoms with Crippen LogP contribution in [0, 0.1) is 5.41 Å². The molecule has 0 unspecified atom stereocenters. The van der Waals surface area contributed by atoms with E-state index in [2.05, 4.69) is 9.47 Å². The van der Waals surface area contributed by atoms with E-state index in [1.807, 2.05) is 0 Å². The summed E-state index contributed by atoms with van der Waals surface area (Å²) in [5.41, 5.74) is -33.3. The van der Waals surface area contributed by atoms with Gasteiger partial charge in [-0.3, -0.25) is 0 Å². The summed E-state index contributed by atoms with van der Waals surface area (Å²) in [6.45, 7) is -4.15. The van der Waals surface area contributed by atoms with Crippen LogP contribution in [-0.4, -0.2) is 88.9 Å². The minimum atomic E-state index is -8.51. The predicted octanol–water partition coefficient (Wildman–Crippen LogP) is 3.62. The molecule has 0 radical (unpaired) electrons. The molecule has 4 bridgehead atoms. The number of alkyl halides is 17. The van der Waals surface area contributed by atoms with Crippen molar-refractivity contribution in [3.05, 3.63) is 0 Å². The van der Waals surface area contributed by atoms with Crippen LogP contribution in [0.25, 0.3) is 0 Å². The van der Waals surface area contributed by atoms with Gasteiger partial charge in [-0.2, -0.15) is 35.1 Å². The summed E-state index contributed by atoms with van der Waals surface area (Å²) in [4.78, 5) is 21.9. The van der Waals surface area contributed by atoms with Crippen molar-refractivity contribution in [1.29, 1.82) is 0 Å². The Labute approximate surface area is 189 Å². The van der Waals surface area contributed by atoms with Crippen LogP contribution in [0.5, 0.6) is 0 Å². The molecule has 0 amide bonds. The molecule has 0 aliphatic heterocycles. The maximum absolute atomic E-state index is 14.8. The minimum absolute atomic E-state index is 1.71. The van der Waals surface area contributed by atoms with Crippen molar-refractivity contribution in [2.75, 3.05) is 13.2 Å². The summed E-state index contributed by atoms with van der Waals surface area (Å²) in [6.07, 6.45) is -7.87. The maximum atomic E-state index is 14.8. The SMILES string of the molecule is O=C(CO)OCC(=O)OC(F)(F)C12C(F)(F)C3(F)C(F)(F)C(F)(C(F)(F)C(F)(C3(F)F)C1(F)F)C2(F)F. The summed E-state index contributed by atoms with van der Waals surface area (Å²) in [5.74, 6) is -55.7. The smallest absolute Gasteiger partial charge is 0.424 e. The molecule has 0 aromatic heterocycles. The number of carbonyl (C=O) groups is 2. The average molecular weight is 588 g/mol. The molecular formula is C15H5F17O5. The van der Waals surface area contributed by atoms with E-state index in [1.165, 1.54) is 0 Å². The molecule has 37 heavy (non-hydrogen) atoms. The lowest BCUT2D eigenvalue weighted by atomic mass is 9.36. The van der Waals surface area contributed by atoms with E-state index in [9.17, 15) is 84.2 Å². The van der Waals surface area contributed by atoms with Crippen LogP contribution in [0.2, 0.25) is 0 Å². The fourth-order valence-electron chi connectivity index (χ4n) is 4.84. The molecule has 5 nitrogen and oxygen atoms in total. The van der Waals surface area contributed by atoms with Crippen LogP contribution in [0.4, 0.5) is 74.6 Å². The zero-order chi connectivity index (χ0) is 29.5. The normalized spacial score (nSPS) is 41.2. The van der Waals surface area contributed by atoms with Crippen LogP contribution in [0.1, 0.15) is 0 Å². The average Bonchev–Trinajstić information content (AvgIpc) is 2.71. The Bertz CT molecular complexity index is 941. The van der Waals surface area contributed by atoms with E-state index >= 15 is 0 Å². The first-order chi connectivity index (χ1) is 16.1. The topological polar surface area (TPSA) is 72.8 Å². The highest BCUT2D eigenvalue weighted by Gasteiger charge is 3.25. The van der Waals surface area contributed by atoms with Gasteiger partial charge in [-0.05, 0) is 0 Å². The largest absolute Gasteiger partial charge is 0.452 e. The van der Waals surface area contributed by atoms with Gasteiger partial charge in [0.05, 0.1) is 0 Å². The van der Waals surface area contributed by atoms with Crippen LogP contribution >= 0.6 is 0 Å². The molecule has 4 aliphatic rings. The van der Waals surface area contributed by atoms with Crippen LogP contribution in [0.15, 0.2) is 0 Å². The van der Waals surface area contributed by atoms with Gasteiger partial charge in [-0.15, -0.1) is 0 Å². The summed E-state index contributed by atoms with van der Waals surface area (Å²) in [7, 11) is 0. The van der Waals surface area contributed by atoms with Gasteiger partial charge in [0.15, 0.2) is 6.61 Å². The molecule has 0 spiro atoms. The highest BCUT2D eigenvalue weighted by atomic mass is 19.4. The molecule has 0 atom stereocenters. The Morgan fingerprint density at radius 3 is 1.14 bits per heavy atom.